The SMILES string of the molecule is C=C(C)OC(=O)NC(C(=O)O)c1ccccc1OC. The fourth-order valence-electron chi connectivity index (χ4n) is 1.48. The Labute approximate surface area is 110 Å². The predicted octanol–water partition coefficient (Wildman–Crippen LogP) is 2.08. The second kappa shape index (κ2) is 6.44. The van der Waals surface area contributed by atoms with Crippen molar-refractivity contribution in [1.29, 1.82) is 0 Å². The number of para-hydroxylation sites is 1. The summed E-state index contributed by atoms with van der Waals surface area (Å²) in [5.41, 5.74) is 0.330. The molecule has 19 heavy (non-hydrogen) atoms. The molecule has 102 valence electrons. The summed E-state index contributed by atoms with van der Waals surface area (Å²) < 4.78 is 9.74. The average Bonchev–Trinajstić information content (AvgIpc) is 2.34. The third-order valence-corrected chi connectivity index (χ3v) is 2.23. The van der Waals surface area contributed by atoms with Gasteiger partial charge in [0.1, 0.15) is 5.75 Å². The molecule has 0 aliphatic rings. The van der Waals surface area contributed by atoms with Crippen molar-refractivity contribution in [2.24, 2.45) is 0 Å². The number of allylic oxidation sites excluding steroid dienone is 1. The van der Waals surface area contributed by atoms with E-state index in [0.717, 1.165) is 0 Å². The van der Waals surface area contributed by atoms with Crippen LogP contribution in [0, 0.1) is 0 Å². The Morgan fingerprint density at radius 1 is 1.37 bits per heavy atom. The number of hydrogen-bond acceptors (Lipinski definition) is 4. The Balaban J connectivity index is 2.98. The highest BCUT2D eigenvalue weighted by Crippen LogP contribution is 2.25. The maximum atomic E-state index is 11.4. The number of carboxylic acids is 1. The third-order valence-electron chi connectivity index (χ3n) is 2.23. The number of carbonyl (C=O) groups is 2. The lowest BCUT2D eigenvalue weighted by Gasteiger charge is -2.17. The molecule has 0 aliphatic heterocycles. The first-order valence-corrected chi connectivity index (χ1v) is 5.45. The monoisotopic (exact) mass is 265 g/mol. The zero-order valence-electron chi connectivity index (χ0n) is 10.7. The lowest BCUT2D eigenvalue weighted by Crippen LogP contribution is -2.34. The fraction of sp³-hybridized carbons (Fsp3) is 0.231. The molecule has 0 heterocycles. The van der Waals surface area contributed by atoms with Gasteiger partial charge in [-0.1, -0.05) is 24.8 Å². The first kappa shape index (κ1) is 14.6. The van der Waals surface area contributed by atoms with Crippen molar-refractivity contribution in [2.75, 3.05) is 7.11 Å². The van der Waals surface area contributed by atoms with E-state index in [1.807, 2.05) is 0 Å². The predicted molar refractivity (Wildman–Crippen MR) is 67.8 cm³/mol. The van der Waals surface area contributed by atoms with Crippen LogP contribution in [-0.2, 0) is 9.53 Å². The number of nitrogens with one attached hydrogen (secondary N) is 1. The maximum absolute atomic E-state index is 11.4. The molecule has 1 aromatic rings. The van der Waals surface area contributed by atoms with Crippen molar-refractivity contribution in [1.82, 2.24) is 5.32 Å². The van der Waals surface area contributed by atoms with Gasteiger partial charge in [-0.2, -0.15) is 0 Å². The molecule has 6 nitrogen and oxygen atoms in total. The van der Waals surface area contributed by atoms with Crippen molar-refractivity contribution in [3.05, 3.63) is 42.2 Å². The number of hydrogen-bond donors (Lipinski definition) is 2. The highest BCUT2D eigenvalue weighted by Gasteiger charge is 2.25. The van der Waals surface area contributed by atoms with Gasteiger partial charge < -0.3 is 19.9 Å². The summed E-state index contributed by atoms with van der Waals surface area (Å²) in [6.07, 6.45) is -0.884. The summed E-state index contributed by atoms with van der Waals surface area (Å²) in [6.45, 7) is 4.88. The molecule has 0 aliphatic carbocycles. The van der Waals surface area contributed by atoms with Crippen molar-refractivity contribution in [3.63, 3.8) is 0 Å². The standard InChI is InChI=1S/C13H15NO5/c1-8(2)19-13(17)14-11(12(15)16)9-6-4-5-7-10(9)18-3/h4-7,11H,1H2,2-3H3,(H,14,17)(H,15,16). The molecule has 1 atom stereocenters. The van der Waals surface area contributed by atoms with Crippen LogP contribution in [0.1, 0.15) is 18.5 Å². The molecule has 0 radical (unpaired) electrons. The molecule has 0 aromatic heterocycles. The van der Waals surface area contributed by atoms with E-state index in [9.17, 15) is 14.7 Å². The molecule has 0 spiro atoms. The molecule has 1 aromatic carbocycles. The van der Waals surface area contributed by atoms with Crippen molar-refractivity contribution in [3.8, 4) is 5.75 Å². The van der Waals surface area contributed by atoms with Gasteiger partial charge in [0.05, 0.1) is 12.9 Å². The maximum Gasteiger partial charge on any atom is 0.413 e. The summed E-state index contributed by atoms with van der Waals surface area (Å²) in [6, 6.07) is 5.26. The van der Waals surface area contributed by atoms with Gasteiger partial charge in [-0.05, 0) is 13.0 Å². The van der Waals surface area contributed by atoms with E-state index in [4.69, 9.17) is 4.74 Å². The lowest BCUT2D eigenvalue weighted by atomic mass is 10.1. The Bertz CT molecular complexity index is 498. The zero-order chi connectivity index (χ0) is 14.4. The van der Waals surface area contributed by atoms with Crippen LogP contribution >= 0.6 is 0 Å². The van der Waals surface area contributed by atoms with Crippen molar-refractivity contribution < 1.29 is 24.2 Å². The van der Waals surface area contributed by atoms with E-state index in [-0.39, 0.29) is 5.76 Å². The molecule has 0 fully saturated rings. The number of benzene rings is 1. The van der Waals surface area contributed by atoms with Gasteiger partial charge in [-0.3, -0.25) is 0 Å². The highest BCUT2D eigenvalue weighted by molar-refractivity contribution is 5.82. The third kappa shape index (κ3) is 4.02. The van der Waals surface area contributed by atoms with Gasteiger partial charge in [-0.15, -0.1) is 0 Å². The number of carbonyl (C=O) groups excluding carboxylic acids is 1. The van der Waals surface area contributed by atoms with E-state index in [1.54, 1.807) is 24.3 Å². The minimum Gasteiger partial charge on any atom is -0.496 e. The molecule has 0 bridgehead atoms. The molecular weight excluding hydrogens is 250 g/mol. The summed E-state index contributed by atoms with van der Waals surface area (Å²) in [5.74, 6) is -0.685. The summed E-state index contributed by atoms with van der Waals surface area (Å²) in [5, 5.41) is 11.4. The van der Waals surface area contributed by atoms with E-state index < -0.39 is 18.1 Å². The van der Waals surface area contributed by atoms with Crippen molar-refractivity contribution in [2.45, 2.75) is 13.0 Å². The van der Waals surface area contributed by atoms with E-state index in [0.29, 0.717) is 11.3 Å². The van der Waals surface area contributed by atoms with Gasteiger partial charge in [0.25, 0.3) is 0 Å². The molecule has 0 saturated carbocycles. The zero-order valence-corrected chi connectivity index (χ0v) is 10.7. The second-order valence-corrected chi connectivity index (χ2v) is 3.75. The Morgan fingerprint density at radius 3 is 2.53 bits per heavy atom. The number of methoxy groups -OCH3 is 1. The van der Waals surface area contributed by atoms with Crippen LogP contribution in [0.4, 0.5) is 4.79 Å². The van der Waals surface area contributed by atoms with Crippen LogP contribution in [0.25, 0.3) is 0 Å². The van der Waals surface area contributed by atoms with Gasteiger partial charge >= 0.3 is 12.1 Å². The van der Waals surface area contributed by atoms with Crippen LogP contribution in [-0.4, -0.2) is 24.3 Å². The number of ether oxygens (including phenoxy) is 2. The number of amides is 1. The van der Waals surface area contributed by atoms with Crippen LogP contribution < -0.4 is 10.1 Å². The molecule has 2 N–H and O–H groups in total. The van der Waals surface area contributed by atoms with Crippen molar-refractivity contribution >= 4 is 12.1 Å². The van der Waals surface area contributed by atoms with Crippen LogP contribution in [0.3, 0.4) is 0 Å². The molecule has 1 unspecified atom stereocenters. The van der Waals surface area contributed by atoms with Gasteiger partial charge in [0.2, 0.25) is 0 Å². The molecule has 1 amide bonds. The van der Waals surface area contributed by atoms with E-state index >= 15 is 0 Å². The number of carboxylic acid groups (broad SMARTS) is 1. The highest BCUT2D eigenvalue weighted by atomic mass is 16.6. The number of rotatable bonds is 5. The van der Waals surface area contributed by atoms with Gasteiger partial charge in [-0.25, -0.2) is 9.59 Å². The first-order valence-electron chi connectivity index (χ1n) is 5.45. The topological polar surface area (TPSA) is 84.9 Å². The lowest BCUT2D eigenvalue weighted by molar-refractivity contribution is -0.139. The average molecular weight is 265 g/mol. The van der Waals surface area contributed by atoms with Gasteiger partial charge in [0, 0.05) is 5.56 Å². The minimum absolute atomic E-state index is 0.168. The van der Waals surface area contributed by atoms with Crippen LogP contribution in [0.15, 0.2) is 36.6 Å². The second-order valence-electron chi connectivity index (χ2n) is 3.75. The summed E-state index contributed by atoms with van der Waals surface area (Å²) in [7, 11) is 1.42. The first-order chi connectivity index (χ1) is 8.95. The molecule has 6 heteroatoms. The fourth-order valence-corrected chi connectivity index (χ4v) is 1.48. The van der Waals surface area contributed by atoms with E-state index in [1.165, 1.54) is 14.0 Å². The quantitative estimate of drug-likeness (QED) is 0.796. The van der Waals surface area contributed by atoms with Crippen LogP contribution in [0.2, 0.25) is 0 Å². The Hall–Kier alpha value is -2.50. The number of aliphatic carboxylic acids is 1. The smallest absolute Gasteiger partial charge is 0.413 e. The molecule has 1 rings (SSSR count). The summed E-state index contributed by atoms with van der Waals surface area (Å²) >= 11 is 0. The summed E-state index contributed by atoms with van der Waals surface area (Å²) in [4.78, 5) is 22.7. The Morgan fingerprint density at radius 2 is 2.00 bits per heavy atom. The Kier molecular flexibility index (Phi) is 4.93. The molecule has 0 saturated heterocycles. The van der Waals surface area contributed by atoms with Gasteiger partial charge in [0.15, 0.2) is 6.04 Å². The van der Waals surface area contributed by atoms with E-state index in [2.05, 4.69) is 16.6 Å². The number of alkyl carbamates (subject to hydrolysis) is 1. The van der Waals surface area contributed by atoms with Crippen LogP contribution in [0.5, 0.6) is 5.75 Å². The molecular formula is C13H15NO5. The minimum atomic E-state index is -1.26. The normalized spacial score (nSPS) is 11.3. The largest absolute Gasteiger partial charge is 0.496 e.